The monoisotopic (exact) mass is 324 g/mol. The van der Waals surface area contributed by atoms with Gasteiger partial charge in [0.15, 0.2) is 0 Å². The van der Waals surface area contributed by atoms with Crippen molar-refractivity contribution in [3.8, 4) is 0 Å². The van der Waals surface area contributed by atoms with Gasteiger partial charge in [0, 0.05) is 24.3 Å². The SMILES string of the molecule is COC(=O)c1cccc2c1CCCN2Cc1ccc(C(N)=O)cc1. The Kier molecular flexibility index (Phi) is 4.51. The van der Waals surface area contributed by atoms with Crippen LogP contribution < -0.4 is 10.6 Å². The lowest BCUT2D eigenvalue weighted by Crippen LogP contribution is -2.30. The summed E-state index contributed by atoms with van der Waals surface area (Å²) in [7, 11) is 1.41. The topological polar surface area (TPSA) is 72.6 Å². The third kappa shape index (κ3) is 3.11. The van der Waals surface area contributed by atoms with E-state index in [1.54, 1.807) is 12.1 Å². The molecule has 0 saturated heterocycles. The number of carbonyl (C=O) groups excluding carboxylic acids is 2. The highest BCUT2D eigenvalue weighted by Gasteiger charge is 2.22. The number of anilines is 1. The molecule has 1 aliphatic heterocycles. The van der Waals surface area contributed by atoms with Crippen LogP contribution in [0.2, 0.25) is 0 Å². The van der Waals surface area contributed by atoms with Gasteiger partial charge in [-0.2, -0.15) is 0 Å². The Labute approximate surface area is 141 Å². The molecule has 0 unspecified atom stereocenters. The number of benzene rings is 2. The molecule has 3 rings (SSSR count). The lowest BCUT2D eigenvalue weighted by atomic mass is 9.95. The van der Waals surface area contributed by atoms with Crippen molar-refractivity contribution in [1.29, 1.82) is 0 Å². The summed E-state index contributed by atoms with van der Waals surface area (Å²) < 4.78 is 4.89. The zero-order chi connectivity index (χ0) is 17.1. The van der Waals surface area contributed by atoms with Crippen LogP contribution in [0.1, 0.15) is 38.3 Å². The van der Waals surface area contributed by atoms with Gasteiger partial charge in [0.1, 0.15) is 0 Å². The van der Waals surface area contributed by atoms with Gasteiger partial charge in [-0.1, -0.05) is 18.2 Å². The number of primary amides is 1. The number of rotatable bonds is 4. The standard InChI is InChI=1S/C19H20N2O3/c1-24-19(23)16-4-2-6-17-15(16)5-3-11-21(17)12-13-7-9-14(10-8-13)18(20)22/h2,4,6-10H,3,5,11-12H2,1H3,(H2,20,22). The molecule has 24 heavy (non-hydrogen) atoms. The van der Waals surface area contributed by atoms with Crippen molar-refractivity contribution in [1.82, 2.24) is 0 Å². The second kappa shape index (κ2) is 6.74. The van der Waals surface area contributed by atoms with E-state index in [0.29, 0.717) is 11.1 Å². The predicted molar refractivity (Wildman–Crippen MR) is 92.1 cm³/mol. The fraction of sp³-hybridized carbons (Fsp3) is 0.263. The van der Waals surface area contributed by atoms with Crippen LogP contribution >= 0.6 is 0 Å². The van der Waals surface area contributed by atoms with Crippen molar-refractivity contribution < 1.29 is 14.3 Å². The Bertz CT molecular complexity index is 769. The fourth-order valence-corrected chi connectivity index (χ4v) is 3.16. The minimum Gasteiger partial charge on any atom is -0.465 e. The number of carbonyl (C=O) groups is 2. The average molecular weight is 324 g/mol. The molecule has 2 aromatic rings. The quantitative estimate of drug-likeness (QED) is 0.877. The molecule has 0 bridgehead atoms. The van der Waals surface area contributed by atoms with Gasteiger partial charge < -0.3 is 15.4 Å². The molecule has 1 heterocycles. The number of hydrogen-bond donors (Lipinski definition) is 1. The molecule has 0 aliphatic carbocycles. The fourth-order valence-electron chi connectivity index (χ4n) is 3.16. The summed E-state index contributed by atoms with van der Waals surface area (Å²) in [5.74, 6) is -0.716. The largest absolute Gasteiger partial charge is 0.465 e. The molecular weight excluding hydrogens is 304 g/mol. The third-order valence-electron chi connectivity index (χ3n) is 4.36. The van der Waals surface area contributed by atoms with E-state index in [9.17, 15) is 9.59 Å². The molecule has 5 heteroatoms. The van der Waals surface area contributed by atoms with Gasteiger partial charge in [0.2, 0.25) is 5.91 Å². The zero-order valence-electron chi connectivity index (χ0n) is 13.6. The Hall–Kier alpha value is -2.82. The number of methoxy groups -OCH3 is 1. The van der Waals surface area contributed by atoms with Crippen molar-refractivity contribution in [3.05, 3.63) is 64.7 Å². The van der Waals surface area contributed by atoms with Crippen molar-refractivity contribution in [3.63, 3.8) is 0 Å². The summed E-state index contributed by atoms with van der Waals surface area (Å²) in [5, 5.41) is 0. The van der Waals surface area contributed by atoms with Gasteiger partial charge in [0.05, 0.1) is 12.7 Å². The summed E-state index contributed by atoms with van der Waals surface area (Å²) >= 11 is 0. The second-order valence-corrected chi connectivity index (χ2v) is 5.88. The average Bonchev–Trinajstić information content (AvgIpc) is 2.61. The van der Waals surface area contributed by atoms with E-state index in [1.165, 1.54) is 7.11 Å². The van der Waals surface area contributed by atoms with Crippen molar-refractivity contribution >= 4 is 17.6 Å². The van der Waals surface area contributed by atoms with E-state index < -0.39 is 5.91 Å². The molecular formula is C19H20N2O3. The van der Waals surface area contributed by atoms with Crippen molar-refractivity contribution in [2.45, 2.75) is 19.4 Å². The Morgan fingerprint density at radius 3 is 2.58 bits per heavy atom. The highest BCUT2D eigenvalue weighted by atomic mass is 16.5. The Balaban J connectivity index is 1.87. The molecule has 1 amide bonds. The highest BCUT2D eigenvalue weighted by Crippen LogP contribution is 2.31. The first-order valence-electron chi connectivity index (χ1n) is 7.94. The first kappa shape index (κ1) is 16.1. The summed E-state index contributed by atoms with van der Waals surface area (Å²) in [6, 6.07) is 13.1. The summed E-state index contributed by atoms with van der Waals surface area (Å²) in [5.41, 5.74) is 9.64. The molecule has 0 aromatic heterocycles. The maximum Gasteiger partial charge on any atom is 0.338 e. The predicted octanol–water partition coefficient (Wildman–Crippen LogP) is 2.52. The van der Waals surface area contributed by atoms with E-state index in [-0.39, 0.29) is 5.97 Å². The molecule has 1 aliphatic rings. The van der Waals surface area contributed by atoms with Gasteiger partial charge in [-0.3, -0.25) is 4.79 Å². The summed E-state index contributed by atoms with van der Waals surface area (Å²) in [6.45, 7) is 1.64. The van der Waals surface area contributed by atoms with Crippen LogP contribution in [0.3, 0.4) is 0 Å². The van der Waals surface area contributed by atoms with Crippen LogP contribution in [0.4, 0.5) is 5.69 Å². The smallest absolute Gasteiger partial charge is 0.338 e. The molecule has 0 saturated carbocycles. The van der Waals surface area contributed by atoms with Crippen LogP contribution in [0, 0.1) is 0 Å². The molecule has 2 aromatic carbocycles. The van der Waals surface area contributed by atoms with Crippen LogP contribution in [0.5, 0.6) is 0 Å². The van der Waals surface area contributed by atoms with Crippen LogP contribution in [-0.2, 0) is 17.7 Å². The maximum absolute atomic E-state index is 12.0. The second-order valence-electron chi connectivity index (χ2n) is 5.88. The number of ether oxygens (including phenoxy) is 1. The number of nitrogens with zero attached hydrogens (tertiary/aromatic N) is 1. The van der Waals surface area contributed by atoms with E-state index in [0.717, 1.165) is 42.7 Å². The van der Waals surface area contributed by atoms with Gasteiger partial charge in [-0.25, -0.2) is 4.79 Å². The first-order chi connectivity index (χ1) is 11.6. The van der Waals surface area contributed by atoms with E-state index in [1.807, 2.05) is 30.3 Å². The van der Waals surface area contributed by atoms with E-state index in [2.05, 4.69) is 4.90 Å². The molecule has 124 valence electrons. The third-order valence-corrected chi connectivity index (χ3v) is 4.36. The molecule has 0 atom stereocenters. The Morgan fingerprint density at radius 1 is 1.17 bits per heavy atom. The normalized spacial score (nSPS) is 13.3. The number of hydrogen-bond acceptors (Lipinski definition) is 4. The molecule has 0 radical (unpaired) electrons. The molecule has 0 spiro atoms. The number of esters is 1. The number of amides is 1. The van der Waals surface area contributed by atoms with Crippen molar-refractivity contribution in [2.24, 2.45) is 5.73 Å². The van der Waals surface area contributed by atoms with Gasteiger partial charge in [-0.05, 0) is 48.2 Å². The molecule has 2 N–H and O–H groups in total. The van der Waals surface area contributed by atoms with Crippen molar-refractivity contribution in [2.75, 3.05) is 18.6 Å². The number of fused-ring (bicyclic) bond motifs is 1. The van der Waals surface area contributed by atoms with Crippen LogP contribution in [0.25, 0.3) is 0 Å². The summed E-state index contributed by atoms with van der Waals surface area (Å²) in [4.78, 5) is 25.4. The summed E-state index contributed by atoms with van der Waals surface area (Å²) in [6.07, 6.45) is 1.86. The van der Waals surface area contributed by atoms with E-state index in [4.69, 9.17) is 10.5 Å². The lowest BCUT2D eigenvalue weighted by molar-refractivity contribution is 0.0599. The van der Waals surface area contributed by atoms with Gasteiger partial charge in [-0.15, -0.1) is 0 Å². The maximum atomic E-state index is 12.0. The van der Waals surface area contributed by atoms with E-state index >= 15 is 0 Å². The van der Waals surface area contributed by atoms with Gasteiger partial charge >= 0.3 is 5.97 Å². The highest BCUT2D eigenvalue weighted by molar-refractivity contribution is 5.93. The lowest BCUT2D eigenvalue weighted by Gasteiger charge is -2.32. The molecule has 5 nitrogen and oxygen atoms in total. The van der Waals surface area contributed by atoms with Gasteiger partial charge in [0.25, 0.3) is 0 Å². The van der Waals surface area contributed by atoms with Crippen LogP contribution in [0.15, 0.2) is 42.5 Å². The Morgan fingerprint density at radius 2 is 1.92 bits per heavy atom. The zero-order valence-corrected chi connectivity index (χ0v) is 13.6. The minimum atomic E-state index is -0.424. The first-order valence-corrected chi connectivity index (χ1v) is 7.94. The minimum absolute atomic E-state index is 0.292. The number of nitrogens with two attached hydrogens (primary N) is 1. The molecule has 0 fully saturated rings. The van der Waals surface area contributed by atoms with Crippen LogP contribution in [-0.4, -0.2) is 25.5 Å².